The van der Waals surface area contributed by atoms with E-state index >= 15 is 0 Å². The van der Waals surface area contributed by atoms with Crippen molar-refractivity contribution in [1.29, 1.82) is 0 Å². The first kappa shape index (κ1) is 19.3. The second-order valence-corrected chi connectivity index (χ2v) is 7.77. The van der Waals surface area contributed by atoms with Crippen LogP contribution in [0.1, 0.15) is 12.8 Å². The van der Waals surface area contributed by atoms with Crippen LogP contribution < -0.4 is 14.4 Å². The molecule has 0 atom stereocenters. The number of hydrogen-bond donors (Lipinski definition) is 0. The Morgan fingerprint density at radius 1 is 0.935 bits per heavy atom. The van der Waals surface area contributed by atoms with Crippen molar-refractivity contribution in [2.75, 3.05) is 25.7 Å². The molecule has 0 saturated heterocycles. The maximum atomic E-state index is 5.50. The zero-order valence-corrected chi connectivity index (χ0v) is 17.8. The van der Waals surface area contributed by atoms with Gasteiger partial charge in [0.05, 0.1) is 37.6 Å². The van der Waals surface area contributed by atoms with Gasteiger partial charge in [0.1, 0.15) is 22.9 Å². The molecule has 0 bridgehead atoms. The van der Waals surface area contributed by atoms with Crippen LogP contribution in [-0.4, -0.2) is 45.7 Å². The van der Waals surface area contributed by atoms with Crippen molar-refractivity contribution in [2.24, 2.45) is 13.0 Å². The molecule has 8 heteroatoms. The molecule has 1 saturated carbocycles. The molecule has 158 valence electrons. The van der Waals surface area contributed by atoms with Crippen LogP contribution in [0.3, 0.4) is 0 Å². The first-order valence-corrected chi connectivity index (χ1v) is 10.3. The minimum Gasteiger partial charge on any atom is -0.497 e. The van der Waals surface area contributed by atoms with E-state index in [0.29, 0.717) is 17.3 Å². The average Bonchev–Trinajstić information content (AvgIpc) is 3.53. The second-order valence-electron chi connectivity index (χ2n) is 7.77. The van der Waals surface area contributed by atoms with Gasteiger partial charge in [-0.25, -0.2) is 4.98 Å². The van der Waals surface area contributed by atoms with E-state index in [1.807, 2.05) is 24.3 Å². The van der Waals surface area contributed by atoms with E-state index < -0.39 is 0 Å². The number of methoxy groups -OCH3 is 2. The fourth-order valence-corrected chi connectivity index (χ4v) is 3.62. The molecule has 5 rings (SSSR count). The summed E-state index contributed by atoms with van der Waals surface area (Å²) in [6.07, 6.45) is 5.94. The van der Waals surface area contributed by atoms with Gasteiger partial charge in [-0.3, -0.25) is 4.98 Å². The SMILES string of the molecule is COc1cc(OC)cc(N(CC2CC2)c2ccc3ncc(-c4cnn(C)n4)nc3c2)c1. The van der Waals surface area contributed by atoms with E-state index in [0.717, 1.165) is 40.5 Å². The molecule has 2 heterocycles. The summed E-state index contributed by atoms with van der Waals surface area (Å²) in [7, 11) is 5.13. The molecule has 0 spiro atoms. The van der Waals surface area contributed by atoms with Gasteiger partial charge in [-0.1, -0.05) is 0 Å². The summed E-state index contributed by atoms with van der Waals surface area (Å²) in [6.45, 7) is 0.930. The number of aryl methyl sites for hydroxylation is 1. The summed E-state index contributed by atoms with van der Waals surface area (Å²) in [6, 6.07) is 12.1. The summed E-state index contributed by atoms with van der Waals surface area (Å²) < 4.78 is 11.0. The predicted octanol–water partition coefficient (Wildman–Crippen LogP) is 3.99. The minimum absolute atomic E-state index is 0.685. The van der Waals surface area contributed by atoms with E-state index in [9.17, 15) is 0 Å². The van der Waals surface area contributed by atoms with Crippen LogP contribution in [0.25, 0.3) is 22.4 Å². The largest absolute Gasteiger partial charge is 0.497 e. The van der Waals surface area contributed by atoms with Gasteiger partial charge in [-0.15, -0.1) is 0 Å². The van der Waals surface area contributed by atoms with E-state index in [1.165, 1.54) is 17.6 Å². The maximum absolute atomic E-state index is 5.50. The standard InChI is InChI=1S/C23H24N6O2/c1-28-25-13-23(27-28)22-12-24-20-7-6-16(10-21(20)26-22)29(14-15-4-5-15)17-8-18(30-2)11-19(9-17)31-3/h6-13,15H,4-5,14H2,1-3H3. The summed E-state index contributed by atoms with van der Waals surface area (Å²) in [4.78, 5) is 13.2. The minimum atomic E-state index is 0.685. The van der Waals surface area contributed by atoms with Crippen LogP contribution >= 0.6 is 0 Å². The predicted molar refractivity (Wildman–Crippen MR) is 119 cm³/mol. The van der Waals surface area contributed by atoms with Crippen molar-refractivity contribution in [3.05, 3.63) is 48.8 Å². The van der Waals surface area contributed by atoms with Crippen molar-refractivity contribution in [3.63, 3.8) is 0 Å². The fraction of sp³-hybridized carbons (Fsp3) is 0.304. The summed E-state index contributed by atoms with van der Waals surface area (Å²) in [5, 5.41) is 8.48. The Kier molecular flexibility index (Phi) is 4.89. The number of aromatic nitrogens is 5. The highest BCUT2D eigenvalue weighted by molar-refractivity contribution is 5.82. The molecule has 31 heavy (non-hydrogen) atoms. The van der Waals surface area contributed by atoms with Crippen LogP contribution in [0.15, 0.2) is 48.8 Å². The maximum Gasteiger partial charge on any atom is 0.133 e. The third-order valence-electron chi connectivity index (χ3n) is 5.49. The fourth-order valence-electron chi connectivity index (χ4n) is 3.62. The zero-order valence-electron chi connectivity index (χ0n) is 17.8. The topological polar surface area (TPSA) is 78.2 Å². The molecule has 0 radical (unpaired) electrons. The van der Waals surface area contributed by atoms with Gasteiger partial charge in [-0.2, -0.15) is 15.0 Å². The van der Waals surface area contributed by atoms with Gasteiger partial charge >= 0.3 is 0 Å². The summed E-state index contributed by atoms with van der Waals surface area (Å²) >= 11 is 0. The molecule has 2 aromatic heterocycles. The Labute approximate surface area is 180 Å². The van der Waals surface area contributed by atoms with Crippen molar-refractivity contribution in [3.8, 4) is 22.9 Å². The number of fused-ring (bicyclic) bond motifs is 1. The Balaban J connectivity index is 1.58. The first-order chi connectivity index (χ1) is 15.1. The van der Waals surface area contributed by atoms with Gasteiger partial charge in [0.2, 0.25) is 0 Å². The number of anilines is 2. The highest BCUT2D eigenvalue weighted by Crippen LogP contribution is 2.38. The van der Waals surface area contributed by atoms with Crippen molar-refractivity contribution in [2.45, 2.75) is 12.8 Å². The smallest absolute Gasteiger partial charge is 0.133 e. The molecule has 0 aliphatic heterocycles. The lowest BCUT2D eigenvalue weighted by molar-refractivity contribution is 0.394. The van der Waals surface area contributed by atoms with Crippen LogP contribution in [0.2, 0.25) is 0 Å². The Hall–Kier alpha value is -3.68. The number of ether oxygens (including phenoxy) is 2. The Bertz CT molecular complexity index is 1210. The third kappa shape index (κ3) is 4.01. The molecule has 1 fully saturated rings. The van der Waals surface area contributed by atoms with Gasteiger partial charge in [0.25, 0.3) is 0 Å². The summed E-state index contributed by atoms with van der Waals surface area (Å²) in [5.74, 6) is 2.21. The highest BCUT2D eigenvalue weighted by atomic mass is 16.5. The van der Waals surface area contributed by atoms with Crippen LogP contribution in [0.4, 0.5) is 11.4 Å². The monoisotopic (exact) mass is 416 g/mol. The molecule has 1 aliphatic rings. The molecular formula is C23H24N6O2. The van der Waals surface area contributed by atoms with Gasteiger partial charge in [0.15, 0.2) is 0 Å². The molecule has 0 amide bonds. The number of hydrogen-bond acceptors (Lipinski definition) is 7. The zero-order chi connectivity index (χ0) is 21.4. The van der Waals surface area contributed by atoms with Crippen LogP contribution in [-0.2, 0) is 7.05 Å². The van der Waals surface area contributed by atoms with Crippen LogP contribution in [0, 0.1) is 5.92 Å². The molecule has 2 aromatic carbocycles. The Morgan fingerprint density at radius 3 is 2.35 bits per heavy atom. The lowest BCUT2D eigenvalue weighted by atomic mass is 10.1. The number of rotatable bonds is 7. The Morgan fingerprint density at radius 2 is 1.71 bits per heavy atom. The quantitative estimate of drug-likeness (QED) is 0.451. The van der Waals surface area contributed by atoms with Crippen molar-refractivity contribution < 1.29 is 9.47 Å². The van der Waals surface area contributed by atoms with Gasteiger partial charge in [-0.05, 0) is 37.0 Å². The van der Waals surface area contributed by atoms with E-state index in [1.54, 1.807) is 33.7 Å². The third-order valence-corrected chi connectivity index (χ3v) is 5.49. The van der Waals surface area contributed by atoms with E-state index in [2.05, 4.69) is 32.2 Å². The lowest BCUT2D eigenvalue weighted by Crippen LogP contribution is -2.20. The average molecular weight is 416 g/mol. The summed E-state index contributed by atoms with van der Waals surface area (Å²) in [5.41, 5.74) is 5.15. The van der Waals surface area contributed by atoms with Gasteiger partial charge in [0, 0.05) is 43.2 Å². The second kappa shape index (κ2) is 7.86. The molecule has 8 nitrogen and oxygen atoms in total. The van der Waals surface area contributed by atoms with E-state index in [-0.39, 0.29) is 0 Å². The molecule has 4 aromatic rings. The lowest BCUT2D eigenvalue weighted by Gasteiger charge is -2.26. The molecule has 0 unspecified atom stereocenters. The highest BCUT2D eigenvalue weighted by Gasteiger charge is 2.26. The first-order valence-electron chi connectivity index (χ1n) is 10.3. The number of benzene rings is 2. The molecular weight excluding hydrogens is 392 g/mol. The molecule has 1 aliphatic carbocycles. The molecule has 0 N–H and O–H groups in total. The van der Waals surface area contributed by atoms with Gasteiger partial charge < -0.3 is 14.4 Å². The van der Waals surface area contributed by atoms with E-state index in [4.69, 9.17) is 14.5 Å². The normalized spacial score (nSPS) is 13.4. The van der Waals surface area contributed by atoms with Crippen LogP contribution in [0.5, 0.6) is 11.5 Å². The van der Waals surface area contributed by atoms with Crippen molar-refractivity contribution in [1.82, 2.24) is 25.0 Å². The number of nitrogens with zero attached hydrogens (tertiary/aromatic N) is 6. The van der Waals surface area contributed by atoms with Crippen molar-refractivity contribution >= 4 is 22.4 Å².